The number of carbonyl (C=O) groups is 1. The fourth-order valence-corrected chi connectivity index (χ4v) is 1.52. The van der Waals surface area contributed by atoms with E-state index < -0.39 is 0 Å². The molecule has 0 aromatic rings. The molecule has 2 nitrogen and oxygen atoms in total. The van der Waals surface area contributed by atoms with E-state index in [1.54, 1.807) is 0 Å². The first-order chi connectivity index (χ1) is 6.47. The van der Waals surface area contributed by atoms with Crippen LogP contribution in [-0.2, 0) is 4.79 Å². The molecular formula is C11H22ClNO. The van der Waals surface area contributed by atoms with Crippen LogP contribution < -0.4 is 5.32 Å². The highest BCUT2D eigenvalue weighted by atomic mass is 35.5. The maximum atomic E-state index is 11.5. The maximum absolute atomic E-state index is 11.5. The second-order valence-electron chi connectivity index (χ2n) is 4.50. The predicted molar refractivity (Wildman–Crippen MR) is 61.6 cm³/mol. The Morgan fingerprint density at radius 2 is 1.86 bits per heavy atom. The second-order valence-corrected chi connectivity index (χ2v) is 4.81. The van der Waals surface area contributed by atoms with Crippen LogP contribution in [0.25, 0.3) is 0 Å². The molecule has 3 heteroatoms. The Hall–Kier alpha value is -0.240. The minimum atomic E-state index is 0.108. The van der Waals surface area contributed by atoms with Gasteiger partial charge >= 0.3 is 0 Å². The normalized spacial score (nSPS) is 13.4. The first-order valence-corrected chi connectivity index (χ1v) is 5.86. The third-order valence-corrected chi connectivity index (χ3v) is 2.60. The SMILES string of the molecule is CC(C)CCC(=O)NC(CCl)C(C)C. The van der Waals surface area contributed by atoms with Gasteiger partial charge in [-0.15, -0.1) is 11.6 Å². The van der Waals surface area contributed by atoms with Crippen molar-refractivity contribution in [1.82, 2.24) is 5.32 Å². The van der Waals surface area contributed by atoms with E-state index in [0.717, 1.165) is 6.42 Å². The number of amides is 1. The van der Waals surface area contributed by atoms with Crippen LogP contribution in [-0.4, -0.2) is 17.8 Å². The van der Waals surface area contributed by atoms with Gasteiger partial charge < -0.3 is 5.32 Å². The largest absolute Gasteiger partial charge is 0.352 e. The molecule has 1 atom stereocenters. The van der Waals surface area contributed by atoms with E-state index in [4.69, 9.17) is 11.6 Å². The molecule has 14 heavy (non-hydrogen) atoms. The Bertz CT molecular complexity index is 169. The third-order valence-electron chi connectivity index (χ3n) is 2.27. The highest BCUT2D eigenvalue weighted by Gasteiger charge is 2.14. The van der Waals surface area contributed by atoms with Gasteiger partial charge in [-0.05, 0) is 18.3 Å². The molecule has 0 aromatic carbocycles. The van der Waals surface area contributed by atoms with Crippen molar-refractivity contribution in [3.8, 4) is 0 Å². The van der Waals surface area contributed by atoms with Crippen LogP contribution >= 0.6 is 11.6 Å². The third kappa shape index (κ3) is 6.25. The van der Waals surface area contributed by atoms with Crippen LogP contribution in [0.4, 0.5) is 0 Å². The van der Waals surface area contributed by atoms with E-state index in [-0.39, 0.29) is 11.9 Å². The van der Waals surface area contributed by atoms with Gasteiger partial charge in [-0.3, -0.25) is 4.79 Å². The van der Waals surface area contributed by atoms with Gasteiger partial charge in [-0.25, -0.2) is 0 Å². The number of rotatable bonds is 6. The summed E-state index contributed by atoms with van der Waals surface area (Å²) in [6, 6.07) is 0.108. The summed E-state index contributed by atoms with van der Waals surface area (Å²) in [5, 5.41) is 2.95. The Morgan fingerprint density at radius 1 is 1.29 bits per heavy atom. The lowest BCUT2D eigenvalue weighted by Crippen LogP contribution is -2.39. The zero-order valence-electron chi connectivity index (χ0n) is 9.64. The molecule has 0 radical (unpaired) electrons. The fourth-order valence-electron chi connectivity index (χ4n) is 1.08. The molecule has 0 rings (SSSR count). The lowest BCUT2D eigenvalue weighted by molar-refractivity contribution is -0.122. The topological polar surface area (TPSA) is 29.1 Å². The molecule has 0 saturated heterocycles. The molecule has 0 fully saturated rings. The van der Waals surface area contributed by atoms with Crippen LogP contribution in [0, 0.1) is 11.8 Å². The smallest absolute Gasteiger partial charge is 0.220 e. The molecule has 0 aliphatic heterocycles. The highest BCUT2D eigenvalue weighted by Crippen LogP contribution is 2.06. The van der Waals surface area contributed by atoms with Crippen molar-refractivity contribution in [2.45, 2.75) is 46.6 Å². The van der Waals surface area contributed by atoms with Crippen LogP contribution in [0.2, 0.25) is 0 Å². The van der Waals surface area contributed by atoms with Gasteiger partial charge in [0, 0.05) is 18.3 Å². The summed E-state index contributed by atoms with van der Waals surface area (Å²) in [4.78, 5) is 11.5. The number of nitrogens with one attached hydrogen (secondary N) is 1. The molecule has 0 bridgehead atoms. The van der Waals surface area contributed by atoms with E-state index >= 15 is 0 Å². The highest BCUT2D eigenvalue weighted by molar-refractivity contribution is 6.18. The predicted octanol–water partition coefficient (Wildman–Crippen LogP) is 2.80. The summed E-state index contributed by atoms with van der Waals surface area (Å²) < 4.78 is 0. The van der Waals surface area contributed by atoms with Crippen molar-refractivity contribution < 1.29 is 4.79 Å². The van der Waals surface area contributed by atoms with Gasteiger partial charge in [-0.2, -0.15) is 0 Å². The lowest BCUT2D eigenvalue weighted by atomic mass is 10.0. The van der Waals surface area contributed by atoms with Gasteiger partial charge in [0.15, 0.2) is 0 Å². The van der Waals surface area contributed by atoms with Crippen molar-refractivity contribution in [2.24, 2.45) is 11.8 Å². The maximum Gasteiger partial charge on any atom is 0.220 e. The first kappa shape index (κ1) is 13.8. The van der Waals surface area contributed by atoms with E-state index in [1.165, 1.54) is 0 Å². The average molecular weight is 220 g/mol. The van der Waals surface area contributed by atoms with Crippen LogP contribution in [0.15, 0.2) is 0 Å². The molecule has 0 aliphatic rings. The molecule has 0 spiro atoms. The molecule has 1 unspecified atom stereocenters. The molecule has 1 N–H and O–H groups in total. The van der Waals surface area contributed by atoms with E-state index in [1.807, 2.05) is 0 Å². The van der Waals surface area contributed by atoms with E-state index in [0.29, 0.717) is 24.1 Å². The Morgan fingerprint density at radius 3 is 2.21 bits per heavy atom. The quantitative estimate of drug-likeness (QED) is 0.684. The summed E-state index contributed by atoms with van der Waals surface area (Å²) in [5.41, 5.74) is 0. The Balaban J connectivity index is 3.79. The number of carbonyl (C=O) groups excluding carboxylic acids is 1. The van der Waals surface area contributed by atoms with E-state index in [9.17, 15) is 4.79 Å². The van der Waals surface area contributed by atoms with Crippen molar-refractivity contribution in [1.29, 1.82) is 0 Å². The van der Waals surface area contributed by atoms with Gasteiger partial charge in [0.05, 0.1) is 0 Å². The molecule has 0 aliphatic carbocycles. The number of hydrogen-bond acceptors (Lipinski definition) is 1. The minimum Gasteiger partial charge on any atom is -0.352 e. The number of hydrogen-bond donors (Lipinski definition) is 1. The molecule has 84 valence electrons. The number of halogens is 1. The lowest BCUT2D eigenvalue weighted by Gasteiger charge is -2.19. The zero-order chi connectivity index (χ0) is 11.1. The van der Waals surface area contributed by atoms with Gasteiger partial charge in [0.25, 0.3) is 0 Å². The summed E-state index contributed by atoms with van der Waals surface area (Å²) in [6.45, 7) is 8.37. The van der Waals surface area contributed by atoms with Gasteiger partial charge in [-0.1, -0.05) is 27.7 Å². The summed E-state index contributed by atoms with van der Waals surface area (Å²) in [7, 11) is 0. The molecule has 0 heterocycles. The van der Waals surface area contributed by atoms with Gasteiger partial charge in [0.2, 0.25) is 5.91 Å². The fraction of sp³-hybridized carbons (Fsp3) is 0.909. The molecule has 1 amide bonds. The standard InChI is InChI=1S/C11H22ClNO/c1-8(2)5-6-11(14)13-10(7-12)9(3)4/h8-10H,5-7H2,1-4H3,(H,13,14). The van der Waals surface area contributed by atoms with Crippen molar-refractivity contribution in [3.63, 3.8) is 0 Å². The minimum absolute atomic E-state index is 0.108. The summed E-state index contributed by atoms with van der Waals surface area (Å²) in [6.07, 6.45) is 1.55. The average Bonchev–Trinajstić information content (AvgIpc) is 2.10. The summed E-state index contributed by atoms with van der Waals surface area (Å²) >= 11 is 5.75. The zero-order valence-corrected chi connectivity index (χ0v) is 10.4. The number of alkyl halides is 1. The first-order valence-electron chi connectivity index (χ1n) is 5.32. The van der Waals surface area contributed by atoms with Gasteiger partial charge in [0.1, 0.15) is 0 Å². The Labute approximate surface area is 92.4 Å². The van der Waals surface area contributed by atoms with Crippen molar-refractivity contribution in [2.75, 3.05) is 5.88 Å². The van der Waals surface area contributed by atoms with Crippen LogP contribution in [0.3, 0.4) is 0 Å². The summed E-state index contributed by atoms with van der Waals surface area (Å²) in [5.74, 6) is 1.59. The molecule has 0 aromatic heterocycles. The molecular weight excluding hydrogens is 198 g/mol. The molecule has 0 saturated carbocycles. The Kier molecular flexibility index (Phi) is 6.98. The van der Waals surface area contributed by atoms with Crippen LogP contribution in [0.5, 0.6) is 0 Å². The van der Waals surface area contributed by atoms with Crippen LogP contribution in [0.1, 0.15) is 40.5 Å². The van der Waals surface area contributed by atoms with Crippen molar-refractivity contribution >= 4 is 17.5 Å². The van der Waals surface area contributed by atoms with Crippen molar-refractivity contribution in [3.05, 3.63) is 0 Å². The monoisotopic (exact) mass is 219 g/mol. The second kappa shape index (κ2) is 7.10. The van der Waals surface area contributed by atoms with E-state index in [2.05, 4.69) is 33.0 Å².